The van der Waals surface area contributed by atoms with Crippen LogP contribution in [0.15, 0.2) is 18.2 Å². The van der Waals surface area contributed by atoms with E-state index in [0.717, 1.165) is 12.8 Å². The first-order chi connectivity index (χ1) is 8.95. The van der Waals surface area contributed by atoms with Crippen LogP contribution in [0.25, 0.3) is 0 Å². The molecule has 0 saturated carbocycles. The highest BCUT2D eigenvalue weighted by atomic mass is 16.5. The molecule has 1 N–H and O–H groups in total. The molecule has 19 heavy (non-hydrogen) atoms. The molecule has 3 unspecified atom stereocenters. The maximum absolute atomic E-state index is 5.81. The third-order valence-corrected chi connectivity index (χ3v) is 4.08. The maximum Gasteiger partial charge on any atom is 0.0565 e. The summed E-state index contributed by atoms with van der Waals surface area (Å²) >= 11 is 0. The van der Waals surface area contributed by atoms with Crippen molar-refractivity contribution in [3.63, 3.8) is 0 Å². The van der Waals surface area contributed by atoms with Crippen LogP contribution < -0.4 is 5.32 Å². The molecular weight excluding hydrogens is 234 g/mol. The van der Waals surface area contributed by atoms with Crippen LogP contribution in [0.1, 0.15) is 56.3 Å². The molecule has 2 rings (SSSR count). The Balaban J connectivity index is 2.04. The zero-order valence-corrected chi connectivity index (χ0v) is 12.9. The number of aryl methyl sites for hydroxylation is 2. The monoisotopic (exact) mass is 261 g/mol. The summed E-state index contributed by atoms with van der Waals surface area (Å²) < 4.78 is 5.81. The Morgan fingerprint density at radius 2 is 1.79 bits per heavy atom. The molecule has 0 amide bonds. The summed E-state index contributed by atoms with van der Waals surface area (Å²) in [5, 5.41) is 3.78. The van der Waals surface area contributed by atoms with E-state index in [9.17, 15) is 0 Å². The predicted molar refractivity (Wildman–Crippen MR) is 80.5 cm³/mol. The van der Waals surface area contributed by atoms with Gasteiger partial charge in [-0.15, -0.1) is 0 Å². The average Bonchev–Trinajstić information content (AvgIpc) is 2.30. The summed E-state index contributed by atoms with van der Waals surface area (Å²) in [6.07, 6.45) is 2.96. The standard InChI is InChI=1S/C17H27NO/c1-11-6-7-12(2)17(8-11)15(5)18-16-9-13(3)19-14(4)10-16/h6-8,13-16,18H,9-10H2,1-5H3. The molecule has 1 aliphatic heterocycles. The minimum absolute atomic E-state index is 0.368. The number of nitrogens with one attached hydrogen (secondary N) is 1. The highest BCUT2D eigenvalue weighted by Gasteiger charge is 2.25. The van der Waals surface area contributed by atoms with Crippen molar-refractivity contribution in [2.24, 2.45) is 0 Å². The Kier molecular flexibility index (Phi) is 4.64. The van der Waals surface area contributed by atoms with Crippen molar-refractivity contribution in [2.45, 2.75) is 71.8 Å². The van der Waals surface area contributed by atoms with Crippen molar-refractivity contribution >= 4 is 0 Å². The van der Waals surface area contributed by atoms with Crippen molar-refractivity contribution in [2.75, 3.05) is 0 Å². The van der Waals surface area contributed by atoms with Gasteiger partial charge in [0.1, 0.15) is 0 Å². The molecule has 0 aliphatic carbocycles. The molecule has 1 heterocycles. The average molecular weight is 261 g/mol. The summed E-state index contributed by atoms with van der Waals surface area (Å²) in [5.74, 6) is 0. The fourth-order valence-corrected chi connectivity index (χ4v) is 3.21. The van der Waals surface area contributed by atoms with E-state index in [1.54, 1.807) is 0 Å². The van der Waals surface area contributed by atoms with Gasteiger partial charge < -0.3 is 10.1 Å². The van der Waals surface area contributed by atoms with Gasteiger partial charge in [0.15, 0.2) is 0 Å². The normalized spacial score (nSPS) is 29.2. The Hall–Kier alpha value is -0.860. The van der Waals surface area contributed by atoms with Crippen LogP contribution in [-0.2, 0) is 4.74 Å². The predicted octanol–water partition coefficient (Wildman–Crippen LogP) is 3.91. The lowest BCUT2D eigenvalue weighted by atomic mass is 9.95. The lowest BCUT2D eigenvalue weighted by Crippen LogP contribution is -2.42. The first-order valence-corrected chi connectivity index (χ1v) is 7.44. The zero-order chi connectivity index (χ0) is 14.0. The van der Waals surface area contributed by atoms with E-state index in [4.69, 9.17) is 4.74 Å². The van der Waals surface area contributed by atoms with E-state index >= 15 is 0 Å². The number of hydrogen-bond donors (Lipinski definition) is 1. The second-order valence-corrected chi connectivity index (χ2v) is 6.17. The van der Waals surface area contributed by atoms with Crippen molar-refractivity contribution < 1.29 is 4.74 Å². The van der Waals surface area contributed by atoms with E-state index in [1.165, 1.54) is 16.7 Å². The highest BCUT2D eigenvalue weighted by molar-refractivity contribution is 5.32. The maximum atomic E-state index is 5.81. The molecule has 2 heteroatoms. The second kappa shape index (κ2) is 6.06. The Bertz CT molecular complexity index is 419. The molecule has 1 fully saturated rings. The third-order valence-electron chi connectivity index (χ3n) is 4.08. The van der Waals surface area contributed by atoms with Crippen LogP contribution in [0.5, 0.6) is 0 Å². The molecule has 2 nitrogen and oxygen atoms in total. The van der Waals surface area contributed by atoms with Gasteiger partial charge in [-0.2, -0.15) is 0 Å². The molecule has 0 radical (unpaired) electrons. The fourth-order valence-electron chi connectivity index (χ4n) is 3.21. The van der Waals surface area contributed by atoms with E-state index in [1.807, 2.05) is 0 Å². The number of hydrogen-bond acceptors (Lipinski definition) is 2. The van der Waals surface area contributed by atoms with Gasteiger partial charge in [-0.25, -0.2) is 0 Å². The van der Waals surface area contributed by atoms with Crippen LogP contribution in [0.4, 0.5) is 0 Å². The van der Waals surface area contributed by atoms with Crippen molar-refractivity contribution in [1.82, 2.24) is 5.32 Å². The van der Waals surface area contributed by atoms with Gasteiger partial charge in [0.2, 0.25) is 0 Å². The number of benzene rings is 1. The third kappa shape index (κ3) is 3.80. The van der Waals surface area contributed by atoms with E-state index < -0.39 is 0 Å². The highest BCUT2D eigenvalue weighted by Crippen LogP contribution is 2.24. The topological polar surface area (TPSA) is 21.3 Å². The molecule has 106 valence electrons. The summed E-state index contributed by atoms with van der Waals surface area (Å²) in [6.45, 7) is 11.0. The molecule has 0 bridgehead atoms. The van der Waals surface area contributed by atoms with Crippen LogP contribution in [0.2, 0.25) is 0 Å². The number of ether oxygens (including phenoxy) is 1. The number of rotatable bonds is 3. The smallest absolute Gasteiger partial charge is 0.0565 e. The molecule has 0 spiro atoms. The van der Waals surface area contributed by atoms with Gasteiger partial charge in [-0.1, -0.05) is 23.8 Å². The lowest BCUT2D eigenvalue weighted by molar-refractivity contribution is -0.0433. The minimum atomic E-state index is 0.368. The van der Waals surface area contributed by atoms with Crippen LogP contribution in [-0.4, -0.2) is 18.2 Å². The summed E-state index contributed by atoms with van der Waals surface area (Å²) in [5.41, 5.74) is 4.13. The molecule has 1 saturated heterocycles. The van der Waals surface area contributed by atoms with Gasteiger partial charge in [0.25, 0.3) is 0 Å². The van der Waals surface area contributed by atoms with Crippen LogP contribution in [0.3, 0.4) is 0 Å². The molecule has 3 atom stereocenters. The fraction of sp³-hybridized carbons (Fsp3) is 0.647. The molecular formula is C17H27NO. The summed E-state index contributed by atoms with van der Waals surface area (Å²) in [4.78, 5) is 0. The Morgan fingerprint density at radius 1 is 1.16 bits per heavy atom. The lowest BCUT2D eigenvalue weighted by Gasteiger charge is -2.34. The van der Waals surface area contributed by atoms with E-state index in [0.29, 0.717) is 24.3 Å². The van der Waals surface area contributed by atoms with E-state index in [-0.39, 0.29) is 0 Å². The van der Waals surface area contributed by atoms with Gasteiger partial charge in [-0.3, -0.25) is 0 Å². The Morgan fingerprint density at radius 3 is 2.42 bits per heavy atom. The second-order valence-electron chi connectivity index (χ2n) is 6.17. The first kappa shape index (κ1) is 14.5. The van der Waals surface area contributed by atoms with E-state index in [2.05, 4.69) is 58.1 Å². The van der Waals surface area contributed by atoms with Crippen LogP contribution >= 0.6 is 0 Å². The van der Waals surface area contributed by atoms with Gasteiger partial charge in [-0.05, 0) is 58.6 Å². The quantitative estimate of drug-likeness (QED) is 0.890. The van der Waals surface area contributed by atoms with Gasteiger partial charge in [0, 0.05) is 12.1 Å². The summed E-state index contributed by atoms with van der Waals surface area (Å²) in [7, 11) is 0. The van der Waals surface area contributed by atoms with Crippen molar-refractivity contribution in [1.29, 1.82) is 0 Å². The largest absolute Gasteiger partial charge is 0.375 e. The Labute approximate surface area is 117 Å². The van der Waals surface area contributed by atoms with Crippen LogP contribution in [0, 0.1) is 13.8 Å². The molecule has 0 aromatic heterocycles. The summed E-state index contributed by atoms with van der Waals surface area (Å²) in [6, 6.07) is 7.68. The van der Waals surface area contributed by atoms with Crippen molar-refractivity contribution in [3.05, 3.63) is 34.9 Å². The van der Waals surface area contributed by atoms with Gasteiger partial charge >= 0.3 is 0 Å². The zero-order valence-electron chi connectivity index (χ0n) is 12.9. The van der Waals surface area contributed by atoms with Gasteiger partial charge in [0.05, 0.1) is 12.2 Å². The van der Waals surface area contributed by atoms with Crippen molar-refractivity contribution in [3.8, 4) is 0 Å². The first-order valence-electron chi connectivity index (χ1n) is 7.44. The molecule has 1 aliphatic rings. The molecule has 1 aromatic carbocycles. The minimum Gasteiger partial charge on any atom is -0.375 e. The SMILES string of the molecule is Cc1ccc(C)c(C(C)NC2CC(C)OC(C)C2)c1. The molecule has 1 aromatic rings.